The van der Waals surface area contributed by atoms with Gasteiger partial charge >= 0.3 is 0 Å². The van der Waals surface area contributed by atoms with Crippen LogP contribution in [0.15, 0.2) is 4.99 Å². The van der Waals surface area contributed by atoms with Gasteiger partial charge in [-0.15, -0.1) is 0 Å². The summed E-state index contributed by atoms with van der Waals surface area (Å²) in [6.45, 7) is 0. The van der Waals surface area contributed by atoms with E-state index in [2.05, 4.69) is 101 Å². The summed E-state index contributed by atoms with van der Waals surface area (Å²) in [5, 5.41) is 3.15. The summed E-state index contributed by atoms with van der Waals surface area (Å²) >= 11 is 9.33. The molecule has 0 aliphatic carbocycles. The van der Waals surface area contributed by atoms with Crippen molar-refractivity contribution in [1.29, 1.82) is 0 Å². The highest BCUT2D eigenvalue weighted by Crippen LogP contribution is 2.50. The molecule has 2 nitrogen and oxygen atoms in total. The lowest BCUT2D eigenvalue weighted by Crippen LogP contribution is -2.38. The zero-order valence-electron chi connectivity index (χ0n) is 4.04. The van der Waals surface area contributed by atoms with Gasteiger partial charge in [-0.25, -0.2) is 4.99 Å². The number of hydrogen-bond acceptors (Lipinski definition) is 2. The minimum atomic E-state index is -0.0381. The van der Waals surface area contributed by atoms with E-state index in [0.717, 1.165) is 0 Å². The molecule has 0 aromatic carbocycles. The molecule has 0 atom stereocenters. The molecule has 6 heteroatoms. The molecule has 1 N–H and O–H groups in total. The summed E-state index contributed by atoms with van der Waals surface area (Å²) in [6.07, 6.45) is 1.76. The van der Waals surface area contributed by atoms with Crippen LogP contribution in [0.5, 0.6) is 0 Å². The normalized spacial score (nSPS) is 28.0. The molecule has 0 amide bonds. The van der Waals surface area contributed by atoms with Gasteiger partial charge in [0.2, 0.25) is 1.55 Å². The molecule has 1 heterocycles. The monoisotopic (exact) mass is 574 g/mol. The van der Waals surface area contributed by atoms with Gasteiger partial charge in [0.05, 0.1) is 6.34 Å². The number of aliphatic imine (C=N–C) groups is 1. The van der Waals surface area contributed by atoms with Crippen LogP contribution in [0, 0.1) is 0 Å². The fourth-order valence-corrected chi connectivity index (χ4v) is 1.51. The van der Waals surface area contributed by atoms with Crippen molar-refractivity contribution in [3.63, 3.8) is 0 Å². The van der Waals surface area contributed by atoms with Crippen LogP contribution in [-0.4, -0.2) is 9.44 Å². The minimum Gasteiger partial charge on any atom is -0.351 e. The highest BCUT2D eigenvalue weighted by atomic mass is 127. The van der Waals surface area contributed by atoms with Gasteiger partial charge in [0.15, 0.2) is 1.55 Å². The predicted octanol–water partition coefficient (Wildman–Crippen LogP) is 2.67. The number of alkyl halides is 4. The van der Waals surface area contributed by atoms with Crippen LogP contribution >= 0.6 is 90.4 Å². The molecule has 0 spiro atoms. The number of rotatable bonds is 0. The Kier molecular flexibility index (Phi) is 3.19. The fraction of sp³-hybridized carbons (Fsp3) is 0.667. The van der Waals surface area contributed by atoms with Gasteiger partial charge in [-0.1, -0.05) is 0 Å². The molecule has 0 radical (unpaired) electrons. The van der Waals surface area contributed by atoms with Gasteiger partial charge in [-0.05, 0) is 90.4 Å². The molecule has 0 aromatic heterocycles. The fourth-order valence-electron chi connectivity index (χ4n) is 0.362. The first-order valence-electron chi connectivity index (χ1n) is 2.03. The van der Waals surface area contributed by atoms with Crippen LogP contribution in [0.1, 0.15) is 0 Å². The highest BCUT2D eigenvalue weighted by Gasteiger charge is 2.47. The van der Waals surface area contributed by atoms with E-state index in [1.807, 2.05) is 0 Å². The summed E-state index contributed by atoms with van der Waals surface area (Å²) in [4.78, 5) is 4.24. The Bertz CT molecular complexity index is 152. The standard InChI is InChI=1S/C3H2I4N2/c4-2(5)3(6,7)9-1-8-2/h1H,(H,8,9). The SMILES string of the molecule is IC1(I)N=CNC1(I)I. The molecule has 1 aliphatic heterocycles. The van der Waals surface area contributed by atoms with Crippen LogP contribution in [0.3, 0.4) is 0 Å². The first kappa shape index (κ1) is 9.48. The minimum absolute atomic E-state index is 0.0314. The van der Waals surface area contributed by atoms with Crippen LogP contribution in [-0.2, 0) is 0 Å². The predicted molar refractivity (Wildman–Crippen MR) is 73.2 cm³/mol. The Morgan fingerprint density at radius 1 is 1.22 bits per heavy atom. The molecule has 0 saturated carbocycles. The Morgan fingerprint density at radius 2 is 1.78 bits per heavy atom. The third-order valence-electron chi connectivity index (χ3n) is 0.850. The molecule has 0 aromatic rings. The molecule has 9 heavy (non-hydrogen) atoms. The smallest absolute Gasteiger partial charge is 0.204 e. The quantitative estimate of drug-likeness (QED) is 0.269. The summed E-state index contributed by atoms with van der Waals surface area (Å²) in [7, 11) is 0. The Labute approximate surface area is 108 Å². The number of halogens is 4. The van der Waals surface area contributed by atoms with E-state index in [4.69, 9.17) is 0 Å². The first-order chi connectivity index (χ1) is 3.96. The zero-order valence-corrected chi connectivity index (χ0v) is 12.7. The molecular weight excluding hydrogens is 572 g/mol. The van der Waals surface area contributed by atoms with Crippen LogP contribution in [0.25, 0.3) is 0 Å². The van der Waals surface area contributed by atoms with E-state index in [1.165, 1.54) is 0 Å². The van der Waals surface area contributed by atoms with Crippen LogP contribution in [0.2, 0.25) is 0 Å². The zero-order chi connectivity index (χ0) is 7.12. The van der Waals surface area contributed by atoms with Crippen LogP contribution < -0.4 is 5.32 Å². The van der Waals surface area contributed by atoms with Crippen molar-refractivity contribution in [2.45, 2.75) is 3.10 Å². The van der Waals surface area contributed by atoms with Gasteiger partial charge in [0, 0.05) is 0 Å². The van der Waals surface area contributed by atoms with Gasteiger partial charge in [-0.3, -0.25) is 0 Å². The molecule has 0 unspecified atom stereocenters. The summed E-state index contributed by atoms with van der Waals surface area (Å²) in [6, 6.07) is 0. The molecule has 52 valence electrons. The second-order valence-corrected chi connectivity index (χ2v) is 12.0. The van der Waals surface area contributed by atoms with E-state index in [9.17, 15) is 0 Å². The molecule has 0 saturated heterocycles. The Hall–Kier alpha value is 2.39. The van der Waals surface area contributed by atoms with Gasteiger partial charge in [0.25, 0.3) is 0 Å². The van der Waals surface area contributed by atoms with Gasteiger partial charge < -0.3 is 5.32 Å². The largest absolute Gasteiger partial charge is 0.351 e. The molecular formula is C3H2I4N2. The summed E-state index contributed by atoms with van der Waals surface area (Å²) < 4.78 is -0.00667. The number of hydrogen-bond donors (Lipinski definition) is 1. The van der Waals surface area contributed by atoms with Crippen molar-refractivity contribution in [1.82, 2.24) is 5.32 Å². The van der Waals surface area contributed by atoms with Crippen molar-refractivity contribution in [2.24, 2.45) is 4.99 Å². The maximum Gasteiger partial charge on any atom is 0.204 e. The Balaban J connectivity index is 2.84. The first-order valence-corrected chi connectivity index (χ1v) is 6.34. The van der Waals surface area contributed by atoms with Crippen molar-refractivity contribution >= 4 is 96.7 Å². The van der Waals surface area contributed by atoms with Crippen LogP contribution in [0.4, 0.5) is 0 Å². The van der Waals surface area contributed by atoms with Crippen molar-refractivity contribution < 1.29 is 0 Å². The average Bonchev–Trinajstić information content (AvgIpc) is 1.81. The van der Waals surface area contributed by atoms with E-state index in [-0.39, 0.29) is 3.10 Å². The summed E-state index contributed by atoms with van der Waals surface area (Å²) in [5.74, 6) is 0. The van der Waals surface area contributed by atoms with E-state index < -0.39 is 0 Å². The van der Waals surface area contributed by atoms with Gasteiger partial charge in [-0.2, -0.15) is 0 Å². The topological polar surface area (TPSA) is 24.4 Å². The Morgan fingerprint density at radius 3 is 1.89 bits per heavy atom. The third-order valence-corrected chi connectivity index (χ3v) is 9.34. The molecule has 1 aliphatic rings. The second-order valence-electron chi connectivity index (χ2n) is 1.52. The lowest BCUT2D eigenvalue weighted by Gasteiger charge is -2.24. The molecule has 1 rings (SSSR count). The van der Waals surface area contributed by atoms with E-state index in [1.54, 1.807) is 6.34 Å². The number of nitrogens with zero attached hydrogens (tertiary/aromatic N) is 1. The highest BCUT2D eigenvalue weighted by molar-refractivity contribution is 14.2. The lowest BCUT2D eigenvalue weighted by molar-refractivity contribution is 0.858. The van der Waals surface area contributed by atoms with Crippen molar-refractivity contribution in [3.05, 3.63) is 0 Å². The van der Waals surface area contributed by atoms with E-state index >= 15 is 0 Å². The average molecular weight is 574 g/mol. The maximum absolute atomic E-state index is 4.24. The van der Waals surface area contributed by atoms with E-state index in [0.29, 0.717) is 0 Å². The second kappa shape index (κ2) is 3.03. The molecule has 0 fully saturated rings. The third kappa shape index (κ3) is 1.95. The summed E-state index contributed by atoms with van der Waals surface area (Å²) in [5.41, 5.74) is 0. The maximum atomic E-state index is 4.24. The van der Waals surface area contributed by atoms with Crippen molar-refractivity contribution in [3.8, 4) is 0 Å². The lowest BCUT2D eigenvalue weighted by atomic mass is 10.7. The number of nitrogens with one attached hydrogen (secondary N) is 1. The van der Waals surface area contributed by atoms with Crippen molar-refractivity contribution in [2.75, 3.05) is 0 Å². The molecule has 0 bridgehead atoms. The van der Waals surface area contributed by atoms with Gasteiger partial charge in [0.1, 0.15) is 0 Å².